The molecule has 29 heavy (non-hydrogen) atoms. The largest absolute Gasteiger partial charge is 0.444 e. The number of carbonyl (C=O) groups is 3. The number of rotatable bonds is 3. The van der Waals surface area contributed by atoms with Gasteiger partial charge in [-0.25, -0.2) is 4.79 Å². The van der Waals surface area contributed by atoms with Gasteiger partial charge in [0.1, 0.15) is 5.60 Å². The minimum absolute atomic E-state index is 0.0210. The maximum absolute atomic E-state index is 12.4. The van der Waals surface area contributed by atoms with Crippen LogP contribution in [0.3, 0.4) is 0 Å². The molecule has 2 fully saturated rings. The van der Waals surface area contributed by atoms with Gasteiger partial charge in [0.15, 0.2) is 0 Å². The number of thioether (sulfide) groups is 1. The Hall–Kier alpha value is -2.19. The Morgan fingerprint density at radius 2 is 2.10 bits per heavy atom. The maximum atomic E-state index is 12.4. The first kappa shape index (κ1) is 21.5. The molecule has 1 N–H and O–H groups in total. The van der Waals surface area contributed by atoms with Gasteiger partial charge >= 0.3 is 6.09 Å². The van der Waals surface area contributed by atoms with Crippen LogP contribution in [0.5, 0.6) is 0 Å². The number of halogens is 1. The normalized spacial score (nSPS) is 20.9. The van der Waals surface area contributed by atoms with Crippen LogP contribution in [-0.2, 0) is 9.53 Å². The van der Waals surface area contributed by atoms with Crippen molar-refractivity contribution in [1.29, 1.82) is 0 Å². The van der Waals surface area contributed by atoms with E-state index in [2.05, 4.69) is 10.2 Å². The second-order valence-corrected chi connectivity index (χ2v) is 9.43. The van der Waals surface area contributed by atoms with Crippen LogP contribution in [0.15, 0.2) is 23.1 Å². The molecule has 2 aliphatic rings. The summed E-state index contributed by atoms with van der Waals surface area (Å²) in [6.07, 6.45) is 2.09. The molecule has 156 valence electrons. The highest BCUT2D eigenvalue weighted by Crippen LogP contribution is 2.36. The lowest BCUT2D eigenvalue weighted by Crippen LogP contribution is -2.42. The van der Waals surface area contributed by atoms with Crippen LogP contribution < -0.4 is 10.2 Å². The monoisotopic (exact) mass is 437 g/mol. The standard InChI is InChI=1S/C20H24ClN3O4S/c1-20(2,3)28-19(27)23(4)13-8-9-24(11-13)16-12(6-5-7-14(16)21)10-15-17(25)22-18(26)29-15/h5-7,10,13H,8-9,11H2,1-4H3,(H,22,25,26)/t13-/m0/s1. The Bertz CT molecular complexity index is 881. The summed E-state index contributed by atoms with van der Waals surface area (Å²) in [7, 11) is 1.74. The first-order valence-electron chi connectivity index (χ1n) is 9.29. The van der Waals surface area contributed by atoms with Crippen molar-refractivity contribution < 1.29 is 19.1 Å². The summed E-state index contributed by atoms with van der Waals surface area (Å²) >= 11 is 7.36. The summed E-state index contributed by atoms with van der Waals surface area (Å²) in [4.78, 5) is 39.8. The predicted molar refractivity (Wildman–Crippen MR) is 115 cm³/mol. The molecule has 0 saturated carbocycles. The van der Waals surface area contributed by atoms with E-state index in [1.807, 2.05) is 26.8 Å². The first-order chi connectivity index (χ1) is 13.5. The zero-order valence-corrected chi connectivity index (χ0v) is 18.4. The van der Waals surface area contributed by atoms with Crippen LogP contribution in [0.1, 0.15) is 32.8 Å². The van der Waals surface area contributed by atoms with Crippen LogP contribution in [-0.4, -0.2) is 53.9 Å². The molecule has 0 aromatic heterocycles. The fourth-order valence-electron chi connectivity index (χ4n) is 3.29. The highest BCUT2D eigenvalue weighted by molar-refractivity contribution is 8.18. The molecule has 2 saturated heterocycles. The van der Waals surface area contributed by atoms with Gasteiger partial charge in [-0.15, -0.1) is 0 Å². The molecule has 0 radical (unpaired) electrons. The van der Waals surface area contributed by atoms with Crippen molar-refractivity contribution in [1.82, 2.24) is 10.2 Å². The molecule has 0 spiro atoms. The molecule has 3 rings (SSSR count). The van der Waals surface area contributed by atoms with E-state index >= 15 is 0 Å². The van der Waals surface area contributed by atoms with E-state index in [1.54, 1.807) is 30.2 Å². The lowest BCUT2D eigenvalue weighted by molar-refractivity contribution is -0.115. The molecule has 2 heterocycles. The molecule has 0 unspecified atom stereocenters. The van der Waals surface area contributed by atoms with E-state index in [9.17, 15) is 14.4 Å². The Balaban J connectivity index is 1.80. The number of amides is 3. The van der Waals surface area contributed by atoms with Crippen molar-refractivity contribution in [3.05, 3.63) is 33.7 Å². The number of ether oxygens (including phenoxy) is 1. The van der Waals surface area contributed by atoms with E-state index in [1.165, 1.54) is 0 Å². The van der Waals surface area contributed by atoms with Crippen molar-refractivity contribution >= 4 is 52.4 Å². The Kier molecular flexibility index (Phi) is 6.14. The fourth-order valence-corrected chi connectivity index (χ4v) is 4.26. The summed E-state index contributed by atoms with van der Waals surface area (Å²) in [5.41, 5.74) is 0.989. The zero-order chi connectivity index (χ0) is 21.3. The quantitative estimate of drug-likeness (QED) is 0.717. The summed E-state index contributed by atoms with van der Waals surface area (Å²) in [6.45, 7) is 6.81. The molecule has 1 aromatic rings. The van der Waals surface area contributed by atoms with Gasteiger partial charge in [0.05, 0.1) is 21.7 Å². The van der Waals surface area contributed by atoms with Crippen molar-refractivity contribution in [2.24, 2.45) is 0 Å². The van der Waals surface area contributed by atoms with E-state index in [0.717, 1.165) is 29.4 Å². The summed E-state index contributed by atoms with van der Waals surface area (Å²) in [6, 6.07) is 5.43. The number of benzene rings is 1. The van der Waals surface area contributed by atoms with Crippen LogP contribution in [0.4, 0.5) is 15.3 Å². The minimum Gasteiger partial charge on any atom is -0.444 e. The average molecular weight is 438 g/mol. The third-order valence-electron chi connectivity index (χ3n) is 4.66. The molecule has 9 heteroatoms. The van der Waals surface area contributed by atoms with Gasteiger partial charge in [-0.3, -0.25) is 14.9 Å². The molecule has 1 atom stereocenters. The topological polar surface area (TPSA) is 79.0 Å². The zero-order valence-electron chi connectivity index (χ0n) is 16.8. The van der Waals surface area contributed by atoms with E-state index in [4.69, 9.17) is 16.3 Å². The van der Waals surface area contributed by atoms with Crippen molar-refractivity contribution in [3.63, 3.8) is 0 Å². The third-order valence-corrected chi connectivity index (χ3v) is 5.77. The van der Waals surface area contributed by atoms with Crippen LogP contribution in [0, 0.1) is 0 Å². The first-order valence-corrected chi connectivity index (χ1v) is 10.5. The van der Waals surface area contributed by atoms with Crippen LogP contribution >= 0.6 is 23.4 Å². The number of hydrogen-bond donors (Lipinski definition) is 1. The van der Waals surface area contributed by atoms with Gasteiger partial charge in [0.25, 0.3) is 11.1 Å². The number of hydrogen-bond acceptors (Lipinski definition) is 6. The van der Waals surface area contributed by atoms with Gasteiger partial charge in [0.2, 0.25) is 0 Å². The molecular weight excluding hydrogens is 414 g/mol. The summed E-state index contributed by atoms with van der Waals surface area (Å²) in [5, 5.41) is 2.42. The second-order valence-electron chi connectivity index (χ2n) is 8.01. The molecule has 2 aliphatic heterocycles. The fraction of sp³-hybridized carbons (Fsp3) is 0.450. The van der Waals surface area contributed by atoms with E-state index in [-0.39, 0.29) is 17.4 Å². The summed E-state index contributed by atoms with van der Waals surface area (Å²) < 4.78 is 5.46. The molecule has 1 aromatic carbocycles. The molecular formula is C20H24ClN3O4S. The predicted octanol–water partition coefficient (Wildman–Crippen LogP) is 4.11. The highest BCUT2D eigenvalue weighted by Gasteiger charge is 2.33. The van der Waals surface area contributed by atoms with Gasteiger partial charge in [-0.05, 0) is 51.1 Å². The van der Waals surface area contributed by atoms with Gasteiger partial charge in [-0.2, -0.15) is 0 Å². The Morgan fingerprint density at radius 3 is 2.72 bits per heavy atom. The van der Waals surface area contributed by atoms with Gasteiger partial charge in [-0.1, -0.05) is 23.7 Å². The van der Waals surface area contributed by atoms with E-state index < -0.39 is 11.5 Å². The minimum atomic E-state index is -0.553. The molecule has 0 aliphatic carbocycles. The number of nitrogens with zero attached hydrogens (tertiary/aromatic N) is 2. The van der Waals surface area contributed by atoms with Gasteiger partial charge < -0.3 is 14.5 Å². The van der Waals surface area contributed by atoms with Crippen molar-refractivity contribution in [2.45, 2.75) is 38.8 Å². The number of nitrogens with one attached hydrogen (secondary N) is 1. The molecule has 3 amide bonds. The number of carbonyl (C=O) groups excluding carboxylic acids is 3. The smallest absolute Gasteiger partial charge is 0.410 e. The average Bonchev–Trinajstić information content (AvgIpc) is 3.19. The maximum Gasteiger partial charge on any atom is 0.410 e. The number of anilines is 1. The molecule has 0 bridgehead atoms. The lowest BCUT2D eigenvalue weighted by atomic mass is 10.1. The highest BCUT2D eigenvalue weighted by atomic mass is 35.5. The Morgan fingerprint density at radius 1 is 1.38 bits per heavy atom. The summed E-state index contributed by atoms with van der Waals surface area (Å²) in [5.74, 6) is -0.408. The van der Waals surface area contributed by atoms with Crippen LogP contribution in [0.2, 0.25) is 5.02 Å². The molecule has 7 nitrogen and oxygen atoms in total. The van der Waals surface area contributed by atoms with E-state index in [0.29, 0.717) is 23.0 Å². The SMILES string of the molecule is CN(C(=O)OC(C)(C)C)[C@H]1CCN(c2c(Cl)cccc2C=C2SC(=O)NC2=O)C1. The Labute approximate surface area is 179 Å². The number of imide groups is 1. The number of likely N-dealkylation sites (N-methyl/N-ethyl adjacent to an activating group) is 1. The van der Waals surface area contributed by atoms with Crippen molar-refractivity contribution in [2.75, 3.05) is 25.0 Å². The lowest BCUT2D eigenvalue weighted by Gasteiger charge is -2.29. The van der Waals surface area contributed by atoms with Crippen molar-refractivity contribution in [3.8, 4) is 0 Å². The number of para-hydroxylation sites is 1. The third kappa shape index (κ3) is 5.05. The van der Waals surface area contributed by atoms with Gasteiger partial charge in [0, 0.05) is 25.7 Å². The van der Waals surface area contributed by atoms with Crippen LogP contribution in [0.25, 0.3) is 6.08 Å². The second kappa shape index (κ2) is 8.28.